The summed E-state index contributed by atoms with van der Waals surface area (Å²) in [5.74, 6) is 1.21. The van der Waals surface area contributed by atoms with Gasteiger partial charge in [-0.25, -0.2) is 0 Å². The molecule has 0 aliphatic heterocycles. The van der Waals surface area contributed by atoms with Crippen LogP contribution in [-0.2, 0) is 0 Å². The number of carbonyl (C=O) groups is 1. The Morgan fingerprint density at radius 3 is 2.68 bits per heavy atom. The smallest absolute Gasteiger partial charge is 0.269 e. The molecule has 1 N–H and O–H groups in total. The zero-order valence-electron chi connectivity index (χ0n) is 13.9. The second-order valence-electron chi connectivity index (χ2n) is 5.09. The van der Waals surface area contributed by atoms with Gasteiger partial charge in [0.2, 0.25) is 0 Å². The van der Waals surface area contributed by atoms with E-state index in [2.05, 4.69) is 14.9 Å². The summed E-state index contributed by atoms with van der Waals surface area (Å²) in [6, 6.07) is 14.6. The van der Waals surface area contributed by atoms with Crippen LogP contribution in [0.5, 0.6) is 11.5 Å². The van der Waals surface area contributed by atoms with Crippen molar-refractivity contribution in [2.45, 2.75) is 6.92 Å². The molecule has 0 spiro atoms. The average molecular weight is 355 g/mol. The number of nitrogens with zero attached hydrogens (tertiary/aromatic N) is 2. The quantitative estimate of drug-likeness (QED) is 0.727. The highest BCUT2D eigenvalue weighted by Gasteiger charge is 2.18. The van der Waals surface area contributed by atoms with E-state index in [0.29, 0.717) is 28.6 Å². The van der Waals surface area contributed by atoms with E-state index >= 15 is 0 Å². The topological polar surface area (TPSA) is 73.3 Å². The molecule has 0 bridgehead atoms. The maximum Gasteiger partial charge on any atom is 0.269 e. The van der Waals surface area contributed by atoms with E-state index in [1.165, 1.54) is 0 Å². The van der Waals surface area contributed by atoms with Gasteiger partial charge in [0.15, 0.2) is 0 Å². The lowest BCUT2D eigenvalue weighted by Crippen LogP contribution is -2.11. The lowest BCUT2D eigenvalue weighted by atomic mass is 10.1. The second-order valence-corrected chi connectivity index (χ2v) is 5.85. The molecule has 2 aromatic carbocycles. The number of hydrogen-bond acceptors (Lipinski definition) is 6. The zero-order valence-corrected chi connectivity index (χ0v) is 14.7. The molecule has 7 heteroatoms. The molecule has 0 atom stereocenters. The molecule has 128 valence electrons. The maximum atomic E-state index is 12.6. The molecule has 25 heavy (non-hydrogen) atoms. The molecule has 0 radical (unpaired) electrons. The van der Waals surface area contributed by atoms with Gasteiger partial charge in [-0.3, -0.25) is 4.79 Å². The average Bonchev–Trinajstić information content (AvgIpc) is 3.13. The Bertz CT molecular complexity index is 862. The Morgan fingerprint density at radius 2 is 1.96 bits per heavy atom. The van der Waals surface area contributed by atoms with Crippen molar-refractivity contribution < 1.29 is 14.3 Å². The maximum absolute atomic E-state index is 12.6. The molecule has 3 rings (SSSR count). The summed E-state index contributed by atoms with van der Waals surface area (Å²) in [5.41, 5.74) is 2.00. The standard InChI is InChI=1S/C18H17N3O3S/c1-3-24-14-9-7-13(8-10-14)19-18(22)17-16(20-21-25-17)12-5-4-6-15(11-12)23-2/h4-11H,3H2,1-2H3,(H,19,22). The van der Waals surface area contributed by atoms with Crippen molar-refractivity contribution in [3.8, 4) is 22.8 Å². The fourth-order valence-corrected chi connectivity index (χ4v) is 2.87. The lowest BCUT2D eigenvalue weighted by Gasteiger charge is -2.07. The van der Waals surface area contributed by atoms with Gasteiger partial charge in [-0.15, -0.1) is 5.10 Å². The summed E-state index contributed by atoms with van der Waals surface area (Å²) >= 11 is 1.06. The van der Waals surface area contributed by atoms with Crippen molar-refractivity contribution in [2.75, 3.05) is 19.0 Å². The molecule has 1 heterocycles. The molecule has 3 aromatic rings. The van der Waals surface area contributed by atoms with Gasteiger partial charge >= 0.3 is 0 Å². The minimum atomic E-state index is -0.253. The highest BCUT2D eigenvalue weighted by atomic mass is 32.1. The molecule has 1 aromatic heterocycles. The fourth-order valence-electron chi connectivity index (χ4n) is 2.29. The van der Waals surface area contributed by atoms with E-state index < -0.39 is 0 Å². The number of rotatable bonds is 6. The molecule has 0 saturated carbocycles. The number of methoxy groups -OCH3 is 1. The summed E-state index contributed by atoms with van der Waals surface area (Å²) in [6.07, 6.45) is 0. The third-order valence-electron chi connectivity index (χ3n) is 3.46. The van der Waals surface area contributed by atoms with Gasteiger partial charge in [-0.1, -0.05) is 16.6 Å². The Balaban J connectivity index is 1.80. The van der Waals surface area contributed by atoms with E-state index in [1.54, 1.807) is 19.2 Å². The van der Waals surface area contributed by atoms with Gasteiger partial charge < -0.3 is 14.8 Å². The molecular formula is C18H17N3O3S. The normalized spacial score (nSPS) is 10.3. The molecule has 6 nitrogen and oxygen atoms in total. The van der Waals surface area contributed by atoms with Gasteiger partial charge in [-0.05, 0) is 54.9 Å². The first-order valence-electron chi connectivity index (χ1n) is 7.72. The third kappa shape index (κ3) is 3.95. The monoisotopic (exact) mass is 355 g/mol. The summed E-state index contributed by atoms with van der Waals surface area (Å²) in [4.78, 5) is 13.0. The van der Waals surface area contributed by atoms with Crippen LogP contribution in [0.2, 0.25) is 0 Å². The van der Waals surface area contributed by atoms with Crippen LogP contribution in [0.1, 0.15) is 16.6 Å². The predicted octanol–water partition coefficient (Wildman–Crippen LogP) is 3.86. The van der Waals surface area contributed by atoms with Crippen LogP contribution in [0.3, 0.4) is 0 Å². The molecule has 1 amide bonds. The van der Waals surface area contributed by atoms with Gasteiger partial charge in [0.1, 0.15) is 22.1 Å². The number of benzene rings is 2. The van der Waals surface area contributed by atoms with Crippen molar-refractivity contribution >= 4 is 23.1 Å². The molecule has 0 unspecified atom stereocenters. The van der Waals surface area contributed by atoms with Gasteiger partial charge in [-0.2, -0.15) is 0 Å². The highest BCUT2D eigenvalue weighted by molar-refractivity contribution is 7.08. The first kappa shape index (κ1) is 16.9. The van der Waals surface area contributed by atoms with Crippen molar-refractivity contribution in [2.24, 2.45) is 0 Å². The summed E-state index contributed by atoms with van der Waals surface area (Å²) in [6.45, 7) is 2.52. The number of amides is 1. The van der Waals surface area contributed by atoms with Crippen LogP contribution < -0.4 is 14.8 Å². The summed E-state index contributed by atoms with van der Waals surface area (Å²) in [5, 5.41) is 6.95. The van der Waals surface area contributed by atoms with Crippen LogP contribution in [0.15, 0.2) is 48.5 Å². The van der Waals surface area contributed by atoms with Gasteiger partial charge in [0.25, 0.3) is 5.91 Å². The Morgan fingerprint density at radius 1 is 1.16 bits per heavy atom. The zero-order chi connectivity index (χ0) is 17.6. The van der Waals surface area contributed by atoms with E-state index in [4.69, 9.17) is 9.47 Å². The highest BCUT2D eigenvalue weighted by Crippen LogP contribution is 2.27. The van der Waals surface area contributed by atoms with E-state index in [0.717, 1.165) is 22.8 Å². The number of nitrogens with one attached hydrogen (secondary N) is 1. The molecular weight excluding hydrogens is 338 g/mol. The van der Waals surface area contributed by atoms with Crippen LogP contribution in [0, 0.1) is 0 Å². The number of hydrogen-bond donors (Lipinski definition) is 1. The first-order chi connectivity index (χ1) is 12.2. The number of anilines is 1. The van der Waals surface area contributed by atoms with Crippen LogP contribution >= 0.6 is 11.5 Å². The molecule has 0 aliphatic carbocycles. The Hall–Kier alpha value is -2.93. The van der Waals surface area contributed by atoms with E-state index in [-0.39, 0.29) is 5.91 Å². The molecule has 0 fully saturated rings. The lowest BCUT2D eigenvalue weighted by molar-refractivity contribution is 0.103. The van der Waals surface area contributed by atoms with Crippen LogP contribution in [0.4, 0.5) is 5.69 Å². The number of carbonyl (C=O) groups excluding carboxylic acids is 1. The van der Waals surface area contributed by atoms with E-state index in [9.17, 15) is 4.79 Å². The van der Waals surface area contributed by atoms with Crippen molar-refractivity contribution in [3.63, 3.8) is 0 Å². The molecule has 0 aliphatic rings. The first-order valence-corrected chi connectivity index (χ1v) is 8.49. The minimum Gasteiger partial charge on any atom is -0.497 e. The van der Waals surface area contributed by atoms with Crippen LogP contribution in [0.25, 0.3) is 11.3 Å². The second kappa shape index (κ2) is 7.76. The third-order valence-corrected chi connectivity index (χ3v) is 4.19. The van der Waals surface area contributed by atoms with Gasteiger partial charge in [0, 0.05) is 11.3 Å². The van der Waals surface area contributed by atoms with Crippen LogP contribution in [-0.4, -0.2) is 29.2 Å². The summed E-state index contributed by atoms with van der Waals surface area (Å²) in [7, 11) is 1.60. The SMILES string of the molecule is CCOc1ccc(NC(=O)c2snnc2-c2cccc(OC)c2)cc1. The molecule has 0 saturated heterocycles. The Labute approximate surface area is 149 Å². The number of ether oxygens (including phenoxy) is 2. The predicted molar refractivity (Wildman–Crippen MR) is 97.5 cm³/mol. The minimum absolute atomic E-state index is 0.253. The largest absolute Gasteiger partial charge is 0.497 e. The van der Waals surface area contributed by atoms with Crippen molar-refractivity contribution in [1.82, 2.24) is 9.59 Å². The van der Waals surface area contributed by atoms with Crippen molar-refractivity contribution in [3.05, 3.63) is 53.4 Å². The number of aromatic nitrogens is 2. The Kier molecular flexibility index (Phi) is 5.25. The van der Waals surface area contributed by atoms with Crippen molar-refractivity contribution in [1.29, 1.82) is 0 Å². The van der Waals surface area contributed by atoms with E-state index in [1.807, 2.05) is 43.3 Å². The van der Waals surface area contributed by atoms with Gasteiger partial charge in [0.05, 0.1) is 13.7 Å². The summed E-state index contributed by atoms with van der Waals surface area (Å²) < 4.78 is 14.5. The fraction of sp³-hybridized carbons (Fsp3) is 0.167.